The Morgan fingerprint density at radius 1 is 1.36 bits per heavy atom. The standard InChI is InChI=1S/C15H16N4OS2/c1-8-12(10-6-4-5-7-11(10)17-8)13(20)9(2)21-15-19-18-14(16-3)22-15/h4-7,9,17H,1-3H3,(H,16,18). The van der Waals surface area contributed by atoms with E-state index in [0.29, 0.717) is 0 Å². The van der Waals surface area contributed by atoms with E-state index >= 15 is 0 Å². The van der Waals surface area contributed by atoms with Gasteiger partial charge in [-0.1, -0.05) is 41.3 Å². The van der Waals surface area contributed by atoms with E-state index in [1.807, 2.05) is 38.1 Å². The summed E-state index contributed by atoms with van der Waals surface area (Å²) in [6, 6.07) is 7.88. The number of para-hydroxylation sites is 1. The number of hydrogen-bond acceptors (Lipinski definition) is 6. The van der Waals surface area contributed by atoms with E-state index < -0.39 is 0 Å². The van der Waals surface area contributed by atoms with Crippen LogP contribution in [0, 0.1) is 6.92 Å². The number of thioether (sulfide) groups is 1. The van der Waals surface area contributed by atoms with Crippen LogP contribution in [0.15, 0.2) is 28.6 Å². The molecule has 0 saturated heterocycles. The van der Waals surface area contributed by atoms with Crippen molar-refractivity contribution < 1.29 is 4.79 Å². The van der Waals surface area contributed by atoms with Gasteiger partial charge >= 0.3 is 0 Å². The first-order valence-electron chi connectivity index (χ1n) is 6.89. The summed E-state index contributed by atoms with van der Waals surface area (Å²) >= 11 is 2.90. The maximum absolute atomic E-state index is 12.8. The van der Waals surface area contributed by atoms with Crippen LogP contribution in [0.3, 0.4) is 0 Å². The van der Waals surface area contributed by atoms with E-state index in [2.05, 4.69) is 20.5 Å². The maximum Gasteiger partial charge on any atom is 0.206 e. The van der Waals surface area contributed by atoms with Gasteiger partial charge in [0.05, 0.1) is 5.25 Å². The van der Waals surface area contributed by atoms with Gasteiger partial charge in [0.2, 0.25) is 5.13 Å². The number of hydrogen-bond donors (Lipinski definition) is 2. The summed E-state index contributed by atoms with van der Waals surface area (Å²) in [6.07, 6.45) is 0. The van der Waals surface area contributed by atoms with Crippen molar-refractivity contribution >= 4 is 44.9 Å². The van der Waals surface area contributed by atoms with Crippen LogP contribution in [0.25, 0.3) is 10.9 Å². The highest BCUT2D eigenvalue weighted by Crippen LogP contribution is 2.32. The molecular weight excluding hydrogens is 316 g/mol. The van der Waals surface area contributed by atoms with Crippen LogP contribution in [0.2, 0.25) is 0 Å². The van der Waals surface area contributed by atoms with Crippen molar-refractivity contribution in [3.8, 4) is 0 Å². The predicted octanol–water partition coefficient (Wildman–Crippen LogP) is 3.73. The zero-order chi connectivity index (χ0) is 15.7. The molecule has 1 atom stereocenters. The second-order valence-corrected chi connectivity index (χ2v) is 7.48. The van der Waals surface area contributed by atoms with Crippen molar-refractivity contribution in [2.75, 3.05) is 12.4 Å². The number of nitrogens with zero attached hydrogens (tertiary/aromatic N) is 2. The fourth-order valence-electron chi connectivity index (χ4n) is 2.36. The van der Waals surface area contributed by atoms with Gasteiger partial charge in [-0.05, 0) is 19.9 Å². The third kappa shape index (κ3) is 2.74. The average molecular weight is 332 g/mol. The fraction of sp³-hybridized carbons (Fsp3) is 0.267. The largest absolute Gasteiger partial charge is 0.363 e. The van der Waals surface area contributed by atoms with E-state index in [0.717, 1.165) is 31.6 Å². The van der Waals surface area contributed by atoms with Crippen LogP contribution in [0.1, 0.15) is 23.0 Å². The van der Waals surface area contributed by atoms with Gasteiger partial charge < -0.3 is 10.3 Å². The molecule has 2 heterocycles. The number of anilines is 1. The van der Waals surface area contributed by atoms with Gasteiger partial charge in [0, 0.05) is 29.2 Å². The number of Topliss-reactive ketones (excluding diaryl/α,β-unsaturated/α-hetero) is 1. The van der Waals surface area contributed by atoms with Crippen LogP contribution >= 0.6 is 23.1 Å². The molecule has 2 N–H and O–H groups in total. The number of aromatic nitrogens is 3. The Balaban J connectivity index is 1.87. The molecule has 1 unspecified atom stereocenters. The molecule has 0 aliphatic rings. The van der Waals surface area contributed by atoms with Crippen molar-refractivity contribution in [1.29, 1.82) is 0 Å². The molecule has 7 heteroatoms. The van der Waals surface area contributed by atoms with Crippen molar-refractivity contribution in [2.45, 2.75) is 23.4 Å². The van der Waals surface area contributed by atoms with Gasteiger partial charge in [-0.2, -0.15) is 0 Å². The summed E-state index contributed by atoms with van der Waals surface area (Å²) in [5.74, 6) is 0.112. The Bertz CT molecular complexity index is 824. The Morgan fingerprint density at radius 2 is 2.14 bits per heavy atom. The fourth-order valence-corrected chi connectivity index (χ4v) is 4.27. The second-order valence-electron chi connectivity index (χ2n) is 4.92. The molecule has 0 spiro atoms. The number of fused-ring (bicyclic) bond motifs is 1. The molecule has 5 nitrogen and oxygen atoms in total. The minimum Gasteiger partial charge on any atom is -0.363 e. The zero-order valence-electron chi connectivity index (χ0n) is 12.5. The molecular formula is C15H16N4OS2. The first-order chi connectivity index (χ1) is 10.6. The molecule has 0 fully saturated rings. The number of aryl methyl sites for hydroxylation is 1. The minimum absolute atomic E-state index is 0.112. The molecule has 22 heavy (non-hydrogen) atoms. The number of aromatic amines is 1. The van der Waals surface area contributed by atoms with Crippen LogP contribution in [0.4, 0.5) is 5.13 Å². The smallest absolute Gasteiger partial charge is 0.206 e. The second kappa shape index (κ2) is 6.10. The van der Waals surface area contributed by atoms with Gasteiger partial charge in [0.1, 0.15) is 0 Å². The van der Waals surface area contributed by atoms with Crippen LogP contribution in [-0.2, 0) is 0 Å². The van der Waals surface area contributed by atoms with Crippen molar-refractivity contribution in [3.05, 3.63) is 35.5 Å². The molecule has 0 saturated carbocycles. The molecule has 0 aliphatic carbocycles. The summed E-state index contributed by atoms with van der Waals surface area (Å²) in [7, 11) is 1.80. The van der Waals surface area contributed by atoms with Gasteiger partial charge in [-0.3, -0.25) is 4.79 Å². The summed E-state index contributed by atoms with van der Waals surface area (Å²) < 4.78 is 0.794. The highest BCUT2D eigenvalue weighted by atomic mass is 32.2. The molecule has 3 rings (SSSR count). The number of benzene rings is 1. The van der Waals surface area contributed by atoms with Crippen molar-refractivity contribution in [1.82, 2.24) is 15.2 Å². The van der Waals surface area contributed by atoms with E-state index in [1.54, 1.807) is 7.05 Å². The van der Waals surface area contributed by atoms with Gasteiger partial charge in [0.15, 0.2) is 10.1 Å². The van der Waals surface area contributed by atoms with Crippen molar-refractivity contribution in [2.24, 2.45) is 0 Å². The minimum atomic E-state index is -0.212. The number of rotatable bonds is 5. The number of carbonyl (C=O) groups excluding carboxylic acids is 1. The van der Waals surface area contributed by atoms with Crippen LogP contribution < -0.4 is 5.32 Å². The van der Waals surface area contributed by atoms with Crippen molar-refractivity contribution in [3.63, 3.8) is 0 Å². The number of nitrogens with one attached hydrogen (secondary N) is 2. The quantitative estimate of drug-likeness (QED) is 0.550. The lowest BCUT2D eigenvalue weighted by Gasteiger charge is -2.08. The third-order valence-electron chi connectivity index (χ3n) is 3.41. The topological polar surface area (TPSA) is 70.7 Å². The van der Waals surface area contributed by atoms with Gasteiger partial charge in [-0.15, -0.1) is 10.2 Å². The van der Waals surface area contributed by atoms with Crippen LogP contribution in [-0.4, -0.2) is 33.3 Å². The van der Waals surface area contributed by atoms with Crippen LogP contribution in [0.5, 0.6) is 0 Å². The Labute approximate surface area is 136 Å². The lowest BCUT2D eigenvalue weighted by atomic mass is 10.1. The van der Waals surface area contributed by atoms with E-state index in [1.165, 1.54) is 23.1 Å². The van der Waals surface area contributed by atoms with Gasteiger partial charge in [0.25, 0.3) is 0 Å². The van der Waals surface area contributed by atoms with Gasteiger partial charge in [-0.25, -0.2) is 0 Å². The Morgan fingerprint density at radius 3 is 2.86 bits per heavy atom. The highest BCUT2D eigenvalue weighted by Gasteiger charge is 2.23. The first-order valence-corrected chi connectivity index (χ1v) is 8.59. The number of ketones is 1. The molecule has 0 aliphatic heterocycles. The molecule has 114 valence electrons. The average Bonchev–Trinajstić information content (AvgIpc) is 3.09. The lowest BCUT2D eigenvalue weighted by Crippen LogP contribution is -2.14. The molecule has 1 aromatic carbocycles. The first kappa shape index (κ1) is 15.1. The normalized spacial score (nSPS) is 12.5. The summed E-state index contributed by atoms with van der Waals surface area (Å²) in [5, 5.41) is 12.6. The zero-order valence-corrected chi connectivity index (χ0v) is 14.1. The maximum atomic E-state index is 12.8. The highest BCUT2D eigenvalue weighted by molar-refractivity contribution is 8.02. The predicted molar refractivity (Wildman–Crippen MR) is 92.1 cm³/mol. The lowest BCUT2D eigenvalue weighted by molar-refractivity contribution is 0.0995. The van der Waals surface area contributed by atoms with E-state index in [9.17, 15) is 4.79 Å². The summed E-state index contributed by atoms with van der Waals surface area (Å²) in [5.41, 5.74) is 2.68. The molecule has 3 aromatic rings. The number of H-pyrrole nitrogens is 1. The SMILES string of the molecule is CNc1nnc(SC(C)C(=O)c2c(C)[nH]c3ccccc23)s1. The molecule has 0 radical (unpaired) electrons. The molecule has 0 bridgehead atoms. The summed E-state index contributed by atoms with van der Waals surface area (Å²) in [4.78, 5) is 16.1. The Kier molecular flexibility index (Phi) is 4.17. The molecule has 0 amide bonds. The Hall–Kier alpha value is -1.86. The number of carbonyl (C=O) groups is 1. The van der Waals surface area contributed by atoms with E-state index in [4.69, 9.17) is 0 Å². The monoisotopic (exact) mass is 332 g/mol. The molecule has 2 aromatic heterocycles. The summed E-state index contributed by atoms with van der Waals surface area (Å²) in [6.45, 7) is 3.85. The van der Waals surface area contributed by atoms with E-state index in [-0.39, 0.29) is 11.0 Å². The third-order valence-corrected chi connectivity index (χ3v) is 5.53.